The Kier molecular flexibility index (Phi) is 5.16. The second-order valence-corrected chi connectivity index (χ2v) is 9.61. The molecule has 3 heterocycles. The largest absolute Gasteiger partial charge is 0.440 e. The maximum absolute atomic E-state index is 13.2. The minimum atomic E-state index is 0.00514. The van der Waals surface area contributed by atoms with E-state index in [1.54, 1.807) is 6.07 Å². The number of hydrogen-bond donors (Lipinski definition) is 0. The fraction of sp³-hybridized carbons (Fsp3) is 0.250. The number of benzene rings is 3. The van der Waals surface area contributed by atoms with Crippen molar-refractivity contribution in [3.05, 3.63) is 76.5 Å². The Morgan fingerprint density at radius 3 is 2.61 bits per heavy atom. The minimum absolute atomic E-state index is 0.00514. The summed E-state index contributed by atoms with van der Waals surface area (Å²) in [6.45, 7) is 4.93. The van der Waals surface area contributed by atoms with E-state index in [-0.39, 0.29) is 5.43 Å². The maximum atomic E-state index is 13.2. The fourth-order valence-electron chi connectivity index (χ4n) is 4.90. The van der Waals surface area contributed by atoms with E-state index in [1.807, 2.05) is 17.4 Å². The number of rotatable bonds is 4. The normalized spacial score (nSPS) is 14.5. The Morgan fingerprint density at radius 2 is 1.76 bits per heavy atom. The molecule has 0 aliphatic carbocycles. The number of morpholine rings is 1. The van der Waals surface area contributed by atoms with Gasteiger partial charge in [-0.2, -0.15) is 0 Å². The van der Waals surface area contributed by atoms with Crippen LogP contribution in [0.5, 0.6) is 0 Å². The lowest BCUT2D eigenvalue weighted by atomic mass is 9.93. The van der Waals surface area contributed by atoms with Crippen molar-refractivity contribution in [2.45, 2.75) is 19.8 Å². The van der Waals surface area contributed by atoms with Crippen molar-refractivity contribution < 1.29 is 9.15 Å². The van der Waals surface area contributed by atoms with Gasteiger partial charge < -0.3 is 14.1 Å². The number of anilines is 1. The highest BCUT2D eigenvalue weighted by molar-refractivity contribution is 7.26. The molecule has 6 rings (SSSR count). The number of nitrogens with zero attached hydrogens (tertiary/aromatic N) is 1. The molecule has 0 N–H and O–H groups in total. The predicted molar refractivity (Wildman–Crippen MR) is 138 cm³/mol. The highest BCUT2D eigenvalue weighted by Gasteiger charge is 2.21. The Bertz CT molecular complexity index is 1540. The summed E-state index contributed by atoms with van der Waals surface area (Å²) >= 11 is 1.81. The van der Waals surface area contributed by atoms with Crippen LogP contribution in [0.25, 0.3) is 42.3 Å². The van der Waals surface area contributed by atoms with Crippen LogP contribution in [0.15, 0.2) is 69.9 Å². The van der Waals surface area contributed by atoms with Gasteiger partial charge in [0.1, 0.15) is 5.58 Å². The van der Waals surface area contributed by atoms with E-state index in [4.69, 9.17) is 9.15 Å². The highest BCUT2D eigenvalue weighted by atomic mass is 32.1. The van der Waals surface area contributed by atoms with Crippen LogP contribution in [-0.4, -0.2) is 26.3 Å². The van der Waals surface area contributed by atoms with Crippen molar-refractivity contribution >= 4 is 48.4 Å². The van der Waals surface area contributed by atoms with Gasteiger partial charge in [-0.05, 0) is 24.1 Å². The monoisotopic (exact) mass is 455 g/mol. The number of fused-ring (bicyclic) bond motifs is 4. The van der Waals surface area contributed by atoms with E-state index in [0.29, 0.717) is 30.1 Å². The molecule has 2 aromatic heterocycles. The van der Waals surface area contributed by atoms with E-state index >= 15 is 0 Å². The van der Waals surface area contributed by atoms with Crippen LogP contribution in [0.4, 0.5) is 5.88 Å². The van der Waals surface area contributed by atoms with Crippen LogP contribution in [0.1, 0.15) is 18.9 Å². The van der Waals surface area contributed by atoms with Gasteiger partial charge in [0, 0.05) is 50.5 Å². The van der Waals surface area contributed by atoms with Gasteiger partial charge >= 0.3 is 0 Å². The molecule has 1 fully saturated rings. The number of hydrogen-bond acceptors (Lipinski definition) is 5. The van der Waals surface area contributed by atoms with E-state index in [2.05, 4.69) is 60.4 Å². The van der Waals surface area contributed by atoms with E-state index in [9.17, 15) is 4.79 Å². The molecule has 1 saturated heterocycles. The molecule has 5 aromatic rings. The van der Waals surface area contributed by atoms with Gasteiger partial charge in [0.25, 0.3) is 0 Å². The summed E-state index contributed by atoms with van der Waals surface area (Å²) in [5.74, 6) is 0.634. The quantitative estimate of drug-likeness (QED) is 0.306. The third-order valence-corrected chi connectivity index (χ3v) is 7.71. The third-order valence-electron chi connectivity index (χ3n) is 6.49. The molecule has 33 heavy (non-hydrogen) atoms. The SMILES string of the molecule is CCCc1ccc2c(=O)cc(N3CCOCC3)oc2c1-c1cccc2c1sc1ccccc12. The van der Waals surface area contributed by atoms with Gasteiger partial charge in [-0.3, -0.25) is 4.79 Å². The lowest BCUT2D eigenvalue weighted by Gasteiger charge is -2.27. The van der Waals surface area contributed by atoms with Crippen molar-refractivity contribution in [3.8, 4) is 11.1 Å². The molecule has 1 aliphatic heterocycles. The molecule has 0 unspecified atom stereocenters. The van der Waals surface area contributed by atoms with Crippen LogP contribution >= 0.6 is 11.3 Å². The molecular weight excluding hydrogens is 430 g/mol. The zero-order valence-corrected chi connectivity index (χ0v) is 19.4. The molecule has 0 amide bonds. The van der Waals surface area contributed by atoms with E-state index in [1.165, 1.54) is 25.7 Å². The molecular formula is C28H25NO3S. The van der Waals surface area contributed by atoms with Crippen LogP contribution in [-0.2, 0) is 11.2 Å². The maximum Gasteiger partial charge on any atom is 0.200 e. The second kappa shape index (κ2) is 8.32. The Balaban J connectivity index is 1.68. The van der Waals surface area contributed by atoms with Crippen molar-refractivity contribution in [1.82, 2.24) is 0 Å². The summed E-state index contributed by atoms with van der Waals surface area (Å²) in [5, 5.41) is 3.16. The number of ether oxygens (including phenoxy) is 1. The molecule has 4 nitrogen and oxygen atoms in total. The van der Waals surface area contributed by atoms with Crippen molar-refractivity contribution in [1.29, 1.82) is 0 Å². The standard InChI is InChI=1S/C28H25NO3S/c1-2-6-18-11-12-21-23(30)17-25(29-13-15-31-16-14-29)32-27(21)26(18)22-9-5-8-20-19-7-3-4-10-24(19)33-28(20)22/h3-5,7-12,17H,2,6,13-16H2,1H3. The van der Waals surface area contributed by atoms with Crippen LogP contribution in [0.3, 0.4) is 0 Å². The molecule has 0 spiro atoms. The molecule has 0 saturated carbocycles. The summed E-state index contributed by atoms with van der Waals surface area (Å²) in [6, 6.07) is 20.7. The molecule has 3 aromatic carbocycles. The Hall–Kier alpha value is -3.15. The molecule has 166 valence electrons. The van der Waals surface area contributed by atoms with Gasteiger partial charge in [-0.25, -0.2) is 0 Å². The molecule has 0 bridgehead atoms. The molecule has 1 aliphatic rings. The van der Waals surface area contributed by atoms with Crippen molar-refractivity contribution in [2.75, 3.05) is 31.2 Å². The molecule has 5 heteroatoms. The second-order valence-electron chi connectivity index (χ2n) is 8.56. The average Bonchev–Trinajstić information content (AvgIpc) is 3.24. The Morgan fingerprint density at radius 1 is 0.939 bits per heavy atom. The summed E-state index contributed by atoms with van der Waals surface area (Å²) in [5.41, 5.74) is 4.12. The highest BCUT2D eigenvalue weighted by Crippen LogP contribution is 2.43. The van der Waals surface area contributed by atoms with Crippen LogP contribution < -0.4 is 10.3 Å². The number of thiophene rings is 1. The first-order valence-electron chi connectivity index (χ1n) is 11.6. The minimum Gasteiger partial charge on any atom is -0.440 e. The third kappa shape index (κ3) is 3.43. The summed E-state index contributed by atoms with van der Waals surface area (Å²) in [6.07, 6.45) is 1.95. The lowest BCUT2D eigenvalue weighted by molar-refractivity contribution is 0.121. The first kappa shape index (κ1) is 20.5. The zero-order chi connectivity index (χ0) is 22.4. The summed E-state index contributed by atoms with van der Waals surface area (Å²) in [7, 11) is 0. The first-order valence-corrected chi connectivity index (χ1v) is 12.4. The first-order chi connectivity index (χ1) is 16.2. The van der Waals surface area contributed by atoms with Crippen LogP contribution in [0, 0.1) is 0 Å². The van der Waals surface area contributed by atoms with Gasteiger partial charge in [0.2, 0.25) is 0 Å². The smallest absolute Gasteiger partial charge is 0.200 e. The van der Waals surface area contributed by atoms with Gasteiger partial charge in [0.15, 0.2) is 11.3 Å². The predicted octanol–water partition coefficient (Wildman–Crippen LogP) is 6.62. The van der Waals surface area contributed by atoms with Gasteiger partial charge in [-0.15, -0.1) is 11.3 Å². The van der Waals surface area contributed by atoms with Crippen molar-refractivity contribution in [3.63, 3.8) is 0 Å². The Labute approximate surface area is 196 Å². The number of aryl methyl sites for hydroxylation is 1. The lowest BCUT2D eigenvalue weighted by Crippen LogP contribution is -2.36. The van der Waals surface area contributed by atoms with Gasteiger partial charge in [0.05, 0.1) is 18.6 Å². The zero-order valence-electron chi connectivity index (χ0n) is 18.6. The van der Waals surface area contributed by atoms with E-state index in [0.717, 1.165) is 37.1 Å². The van der Waals surface area contributed by atoms with E-state index < -0.39 is 0 Å². The van der Waals surface area contributed by atoms with Gasteiger partial charge in [-0.1, -0.05) is 55.8 Å². The van der Waals surface area contributed by atoms with Crippen LogP contribution in [0.2, 0.25) is 0 Å². The molecule has 0 radical (unpaired) electrons. The topological polar surface area (TPSA) is 42.7 Å². The fourth-order valence-corrected chi connectivity index (χ4v) is 6.13. The summed E-state index contributed by atoms with van der Waals surface area (Å²) < 4.78 is 14.6. The average molecular weight is 456 g/mol. The molecule has 0 atom stereocenters. The summed E-state index contributed by atoms with van der Waals surface area (Å²) in [4.78, 5) is 15.3. The van der Waals surface area contributed by atoms with Crippen molar-refractivity contribution in [2.24, 2.45) is 0 Å².